The van der Waals surface area contributed by atoms with Gasteiger partial charge >= 0.3 is 6.09 Å². The summed E-state index contributed by atoms with van der Waals surface area (Å²) in [5, 5.41) is 10.4. The Labute approximate surface area is 184 Å². The number of carboxylic acid groups (broad SMARTS) is 1. The van der Waals surface area contributed by atoms with Crippen molar-refractivity contribution in [3.8, 4) is 11.4 Å². The molecule has 5 rings (SSSR count). The standard InChI is InChI=1S/C25H23N3O4/c1-26-22-10-11-27(25(30)31)15-21(22)20-8-7-18(13-23(20)26)28-12-9-19(14-24(28)29)32-16-17-5-3-2-4-6-17/h2-9,12-14H,10-11,15-16H2,1H3,(H,30,31). The highest BCUT2D eigenvalue weighted by molar-refractivity contribution is 5.88. The lowest BCUT2D eigenvalue weighted by Gasteiger charge is -2.25. The summed E-state index contributed by atoms with van der Waals surface area (Å²) in [7, 11) is 1.99. The first kappa shape index (κ1) is 19.9. The third-order valence-corrected chi connectivity index (χ3v) is 6.08. The lowest BCUT2D eigenvalue weighted by Crippen LogP contribution is -2.34. The minimum atomic E-state index is -0.898. The van der Waals surface area contributed by atoms with E-state index >= 15 is 0 Å². The Bertz CT molecular complexity index is 1370. The summed E-state index contributed by atoms with van der Waals surface area (Å²) < 4.78 is 9.46. The number of hydrogen-bond acceptors (Lipinski definition) is 3. The van der Waals surface area contributed by atoms with Gasteiger partial charge in [-0.2, -0.15) is 0 Å². The highest BCUT2D eigenvalue weighted by Crippen LogP contribution is 2.31. The Morgan fingerprint density at radius 3 is 2.66 bits per heavy atom. The number of aromatic nitrogens is 2. The fourth-order valence-corrected chi connectivity index (χ4v) is 4.38. The van der Waals surface area contributed by atoms with Gasteiger partial charge < -0.3 is 19.3 Å². The molecular formula is C25H23N3O4. The molecule has 2 aromatic carbocycles. The lowest BCUT2D eigenvalue weighted by molar-refractivity contribution is 0.139. The van der Waals surface area contributed by atoms with Crippen LogP contribution in [0.4, 0.5) is 4.79 Å². The van der Waals surface area contributed by atoms with Gasteiger partial charge in [-0.25, -0.2) is 4.79 Å². The van der Waals surface area contributed by atoms with E-state index in [9.17, 15) is 14.7 Å². The molecule has 0 aliphatic carbocycles. The Kier molecular flexibility index (Phi) is 4.93. The van der Waals surface area contributed by atoms with E-state index in [1.807, 2.05) is 55.6 Å². The van der Waals surface area contributed by atoms with Gasteiger partial charge in [0.2, 0.25) is 0 Å². The number of hydrogen-bond donors (Lipinski definition) is 1. The Morgan fingerprint density at radius 2 is 1.91 bits per heavy atom. The number of ether oxygens (including phenoxy) is 1. The van der Waals surface area contributed by atoms with Crippen molar-refractivity contribution in [2.45, 2.75) is 19.6 Å². The minimum absolute atomic E-state index is 0.175. The summed E-state index contributed by atoms with van der Waals surface area (Å²) in [6.07, 6.45) is 1.50. The second-order valence-electron chi connectivity index (χ2n) is 7.98. The third-order valence-electron chi connectivity index (χ3n) is 6.08. The number of benzene rings is 2. The van der Waals surface area contributed by atoms with E-state index in [4.69, 9.17) is 4.74 Å². The zero-order chi connectivity index (χ0) is 22.2. The molecule has 32 heavy (non-hydrogen) atoms. The molecule has 3 heterocycles. The van der Waals surface area contributed by atoms with Crippen molar-refractivity contribution < 1.29 is 14.6 Å². The monoisotopic (exact) mass is 429 g/mol. The number of aryl methyl sites for hydroxylation is 1. The summed E-state index contributed by atoms with van der Waals surface area (Å²) in [5.74, 6) is 0.527. The maximum Gasteiger partial charge on any atom is 0.407 e. The average Bonchev–Trinajstić information content (AvgIpc) is 3.09. The fourth-order valence-electron chi connectivity index (χ4n) is 4.38. The first-order chi connectivity index (χ1) is 15.5. The molecular weight excluding hydrogens is 406 g/mol. The third kappa shape index (κ3) is 3.51. The Morgan fingerprint density at radius 1 is 1.09 bits per heavy atom. The molecule has 0 saturated carbocycles. The van der Waals surface area contributed by atoms with Crippen LogP contribution in [0.5, 0.6) is 5.75 Å². The van der Waals surface area contributed by atoms with Crippen LogP contribution in [0, 0.1) is 0 Å². The van der Waals surface area contributed by atoms with Crippen molar-refractivity contribution in [2.24, 2.45) is 7.05 Å². The van der Waals surface area contributed by atoms with E-state index in [-0.39, 0.29) is 5.56 Å². The van der Waals surface area contributed by atoms with E-state index in [2.05, 4.69) is 4.57 Å². The van der Waals surface area contributed by atoms with Gasteiger partial charge in [-0.1, -0.05) is 36.4 Å². The van der Waals surface area contributed by atoms with E-state index < -0.39 is 6.09 Å². The number of carbonyl (C=O) groups is 1. The zero-order valence-electron chi connectivity index (χ0n) is 17.7. The van der Waals surface area contributed by atoms with Gasteiger partial charge in [0.15, 0.2) is 0 Å². The highest BCUT2D eigenvalue weighted by atomic mass is 16.5. The number of amides is 1. The van der Waals surface area contributed by atoms with Gasteiger partial charge in [0.1, 0.15) is 12.4 Å². The fraction of sp³-hybridized carbons (Fsp3) is 0.200. The summed E-state index contributed by atoms with van der Waals surface area (Å²) in [4.78, 5) is 25.6. The van der Waals surface area contributed by atoms with Crippen molar-refractivity contribution in [3.05, 3.63) is 94.0 Å². The maximum atomic E-state index is 12.8. The molecule has 7 heteroatoms. The predicted molar refractivity (Wildman–Crippen MR) is 121 cm³/mol. The van der Waals surface area contributed by atoms with Crippen LogP contribution in [0.1, 0.15) is 16.8 Å². The Balaban J connectivity index is 1.44. The van der Waals surface area contributed by atoms with E-state index in [1.54, 1.807) is 16.8 Å². The van der Waals surface area contributed by atoms with Crippen molar-refractivity contribution in [1.29, 1.82) is 0 Å². The molecule has 1 aliphatic rings. The van der Waals surface area contributed by atoms with Crippen LogP contribution in [0.2, 0.25) is 0 Å². The van der Waals surface area contributed by atoms with Crippen molar-refractivity contribution in [3.63, 3.8) is 0 Å². The van der Waals surface area contributed by atoms with Crippen LogP contribution in [0.15, 0.2) is 71.7 Å². The molecule has 0 saturated heterocycles. The van der Waals surface area contributed by atoms with E-state index in [0.717, 1.165) is 33.4 Å². The van der Waals surface area contributed by atoms with E-state index in [1.165, 1.54) is 11.0 Å². The lowest BCUT2D eigenvalue weighted by atomic mass is 10.0. The van der Waals surface area contributed by atoms with Crippen LogP contribution in [0.25, 0.3) is 16.6 Å². The molecule has 7 nitrogen and oxygen atoms in total. The predicted octanol–water partition coefficient (Wildman–Crippen LogP) is 3.94. The molecule has 1 aliphatic heterocycles. The van der Waals surface area contributed by atoms with Gasteiger partial charge in [-0.15, -0.1) is 0 Å². The first-order valence-electron chi connectivity index (χ1n) is 10.5. The first-order valence-corrected chi connectivity index (χ1v) is 10.5. The number of fused-ring (bicyclic) bond motifs is 3. The number of rotatable bonds is 4. The van der Waals surface area contributed by atoms with Crippen molar-refractivity contribution in [1.82, 2.24) is 14.0 Å². The molecule has 4 aromatic rings. The molecule has 0 radical (unpaired) electrons. The zero-order valence-corrected chi connectivity index (χ0v) is 17.7. The smallest absolute Gasteiger partial charge is 0.407 e. The van der Waals surface area contributed by atoms with Crippen LogP contribution < -0.4 is 10.3 Å². The van der Waals surface area contributed by atoms with Gasteiger partial charge in [-0.05, 0) is 23.8 Å². The summed E-state index contributed by atoms with van der Waals surface area (Å²) in [6.45, 7) is 1.27. The van der Waals surface area contributed by atoms with Crippen molar-refractivity contribution >= 4 is 17.0 Å². The van der Waals surface area contributed by atoms with Crippen LogP contribution in [-0.4, -0.2) is 31.8 Å². The minimum Gasteiger partial charge on any atom is -0.489 e. The molecule has 0 atom stereocenters. The van der Waals surface area contributed by atoms with Gasteiger partial charge in [0.25, 0.3) is 5.56 Å². The normalized spacial score (nSPS) is 13.2. The Hall–Kier alpha value is -4.00. The molecule has 1 N–H and O–H groups in total. The molecule has 162 valence electrons. The molecule has 0 bridgehead atoms. The second-order valence-corrected chi connectivity index (χ2v) is 7.98. The van der Waals surface area contributed by atoms with Gasteiger partial charge in [0.05, 0.1) is 17.7 Å². The van der Waals surface area contributed by atoms with Crippen molar-refractivity contribution in [2.75, 3.05) is 6.54 Å². The van der Waals surface area contributed by atoms with Gasteiger partial charge in [0, 0.05) is 48.9 Å². The molecule has 0 fully saturated rings. The summed E-state index contributed by atoms with van der Waals surface area (Å²) >= 11 is 0. The van der Waals surface area contributed by atoms with Crippen LogP contribution >= 0.6 is 0 Å². The second kappa shape index (κ2) is 7.92. The van der Waals surface area contributed by atoms with Gasteiger partial charge in [-0.3, -0.25) is 9.36 Å². The molecule has 0 spiro atoms. The highest BCUT2D eigenvalue weighted by Gasteiger charge is 2.25. The molecule has 1 amide bonds. The topological polar surface area (TPSA) is 76.7 Å². The number of pyridine rings is 1. The molecule has 2 aromatic heterocycles. The SMILES string of the molecule is Cn1c2c(c3ccc(-n4ccc(OCc5ccccc5)cc4=O)cc31)CN(C(=O)O)CC2. The quantitative estimate of drug-likeness (QED) is 0.533. The maximum absolute atomic E-state index is 12.8. The summed E-state index contributed by atoms with van der Waals surface area (Å²) in [6, 6.07) is 18.9. The summed E-state index contributed by atoms with van der Waals surface area (Å²) in [5.41, 5.74) is 4.79. The van der Waals surface area contributed by atoms with E-state index in [0.29, 0.717) is 31.9 Å². The largest absolute Gasteiger partial charge is 0.489 e. The van der Waals surface area contributed by atoms with Crippen LogP contribution in [0.3, 0.4) is 0 Å². The average molecular weight is 429 g/mol. The molecule has 0 unspecified atom stereocenters. The van der Waals surface area contributed by atoms with Crippen LogP contribution in [-0.2, 0) is 26.6 Å². The number of nitrogens with zero attached hydrogens (tertiary/aromatic N) is 3.